The molecule has 0 aliphatic heterocycles. The van der Waals surface area contributed by atoms with Crippen LogP contribution in [0.1, 0.15) is 51.4 Å². The predicted octanol–water partition coefficient (Wildman–Crippen LogP) is 3.76. The molecular weight excluding hydrogens is 648 g/mol. The second-order valence-electron chi connectivity index (χ2n) is 6.60. The van der Waals surface area contributed by atoms with Gasteiger partial charge >= 0.3 is 11.9 Å². The molecule has 0 spiro atoms. The number of hydrogen-bond acceptors (Lipinski definition) is 7. The van der Waals surface area contributed by atoms with Crippen LogP contribution in [0.3, 0.4) is 0 Å². The van der Waals surface area contributed by atoms with Gasteiger partial charge < -0.3 is 19.7 Å². The molecule has 2 saturated carbocycles. The van der Waals surface area contributed by atoms with E-state index in [1.54, 1.807) is 0 Å². The highest BCUT2D eigenvalue weighted by atomic mass is 79.9. The molecule has 11 heteroatoms. The van der Waals surface area contributed by atoms with Crippen molar-refractivity contribution in [2.75, 3.05) is 16.0 Å². The molecule has 0 heterocycles. The average Bonchev–Trinajstić information content (AvgIpc) is 2.72. The number of halogens is 4. The number of carbonyl (C=O) groups is 3. The lowest BCUT2D eigenvalue weighted by atomic mass is 9.95. The van der Waals surface area contributed by atoms with Crippen molar-refractivity contribution in [1.82, 2.24) is 0 Å². The van der Waals surface area contributed by atoms with E-state index < -0.39 is 0 Å². The normalized spacial score (nSPS) is 26.0. The molecule has 0 aromatic rings. The van der Waals surface area contributed by atoms with Crippen molar-refractivity contribution in [3.05, 3.63) is 0 Å². The van der Waals surface area contributed by atoms with Crippen LogP contribution in [0.5, 0.6) is 0 Å². The van der Waals surface area contributed by atoms with Gasteiger partial charge in [0.25, 0.3) is 0 Å². The van der Waals surface area contributed by atoms with Crippen LogP contribution in [0.25, 0.3) is 0 Å². The first-order chi connectivity index (χ1) is 13.7. The van der Waals surface area contributed by atoms with Crippen LogP contribution in [0.15, 0.2) is 0 Å². The van der Waals surface area contributed by atoms with Gasteiger partial charge in [0, 0.05) is 0 Å². The first kappa shape index (κ1) is 29.5. The second-order valence-corrected chi connectivity index (χ2v) is 9.16. The minimum atomic E-state index is -0.235. The molecule has 0 bridgehead atoms. The van der Waals surface area contributed by atoms with E-state index in [0.717, 1.165) is 51.4 Å². The highest BCUT2D eigenvalue weighted by Gasteiger charge is 2.25. The third-order valence-corrected chi connectivity index (χ3v) is 6.66. The molecule has 0 aromatic carbocycles. The van der Waals surface area contributed by atoms with Crippen LogP contribution in [-0.2, 0) is 23.9 Å². The number of aliphatic hydroxyl groups is 2. The van der Waals surface area contributed by atoms with Crippen LogP contribution >= 0.6 is 63.7 Å². The molecule has 0 radical (unpaired) electrons. The number of carbonyl (C=O) groups excluding carboxylic acids is 3. The van der Waals surface area contributed by atoms with Crippen LogP contribution in [0.2, 0.25) is 0 Å². The van der Waals surface area contributed by atoms with Gasteiger partial charge in [-0.1, -0.05) is 47.8 Å². The molecule has 2 rings (SSSR count). The maximum Gasteiger partial charge on any atom is 0.316 e. The Morgan fingerprint density at radius 1 is 0.655 bits per heavy atom. The molecule has 29 heavy (non-hydrogen) atoms. The molecule has 2 fully saturated rings. The first-order valence-electron chi connectivity index (χ1n) is 9.33. The van der Waals surface area contributed by atoms with Crippen molar-refractivity contribution in [1.29, 1.82) is 0 Å². The van der Waals surface area contributed by atoms with Crippen molar-refractivity contribution in [3.8, 4) is 0 Å². The zero-order valence-corrected chi connectivity index (χ0v) is 22.4. The number of ether oxygens (including phenoxy) is 2. The van der Waals surface area contributed by atoms with Gasteiger partial charge in [0.15, 0.2) is 0 Å². The van der Waals surface area contributed by atoms with E-state index in [2.05, 4.69) is 63.7 Å². The molecule has 170 valence electrons. The van der Waals surface area contributed by atoms with Crippen molar-refractivity contribution in [3.63, 3.8) is 0 Å². The Hall–Kier alpha value is 0.450. The molecule has 2 aliphatic rings. The quantitative estimate of drug-likeness (QED) is 0.260. The molecule has 0 aromatic heterocycles. The summed E-state index contributed by atoms with van der Waals surface area (Å²) in [4.78, 5) is 31.7. The summed E-state index contributed by atoms with van der Waals surface area (Å²) in [5.41, 5.74) is 0. The van der Waals surface area contributed by atoms with Crippen molar-refractivity contribution in [2.45, 2.75) is 75.8 Å². The maximum absolute atomic E-state index is 11.0. The molecule has 0 atom stereocenters. The van der Waals surface area contributed by atoms with E-state index in [-0.39, 0.29) is 51.7 Å². The van der Waals surface area contributed by atoms with Crippen molar-refractivity contribution in [2.24, 2.45) is 0 Å². The summed E-state index contributed by atoms with van der Waals surface area (Å²) in [6.07, 6.45) is 5.84. The number of esters is 2. The van der Waals surface area contributed by atoms with E-state index in [9.17, 15) is 14.4 Å². The van der Waals surface area contributed by atoms with Crippen LogP contribution in [-0.4, -0.2) is 67.3 Å². The maximum atomic E-state index is 11.0. The standard InChI is InChI=1S/C10H14Br2O4.C6H12O2.C2H2Br2O/c11-5-9(13)15-7-1-2-8(4-3-7)16-10(14)6-12;7-5-1-2-6(8)4-3-5;3-1-2(4)5/h7-8H,1-6H2;5-8H,1-4H2;1H2. The molecule has 2 aliphatic carbocycles. The minimum Gasteiger partial charge on any atom is -0.462 e. The smallest absolute Gasteiger partial charge is 0.316 e. The molecule has 0 unspecified atom stereocenters. The second kappa shape index (κ2) is 18.1. The Labute approximate surface area is 205 Å². The Morgan fingerprint density at radius 3 is 1.14 bits per heavy atom. The Morgan fingerprint density at radius 2 is 0.931 bits per heavy atom. The summed E-state index contributed by atoms with van der Waals surface area (Å²) >= 11 is 11.7. The largest absolute Gasteiger partial charge is 0.462 e. The topological polar surface area (TPSA) is 110 Å². The van der Waals surface area contributed by atoms with E-state index in [1.807, 2.05) is 0 Å². The summed E-state index contributed by atoms with van der Waals surface area (Å²) < 4.78 is 10.4. The van der Waals surface area contributed by atoms with Crippen molar-refractivity contribution >= 4 is 80.4 Å². The molecular formula is C18H28Br4O7. The molecule has 0 amide bonds. The lowest BCUT2D eigenvalue weighted by molar-refractivity contribution is -0.154. The average molecular weight is 676 g/mol. The fraction of sp³-hybridized carbons (Fsp3) is 0.833. The fourth-order valence-corrected chi connectivity index (χ4v) is 3.03. The van der Waals surface area contributed by atoms with Crippen LogP contribution in [0, 0.1) is 0 Å². The SMILES string of the molecule is O=C(Br)CBr.O=C(CBr)OC1CCC(OC(=O)CBr)CC1.OC1CCC(O)CC1. The summed E-state index contributed by atoms with van der Waals surface area (Å²) in [6.45, 7) is 0. The molecule has 7 nitrogen and oxygen atoms in total. The van der Waals surface area contributed by atoms with Gasteiger partial charge in [0.2, 0.25) is 4.69 Å². The van der Waals surface area contributed by atoms with Crippen LogP contribution in [0.4, 0.5) is 0 Å². The van der Waals surface area contributed by atoms with E-state index in [1.165, 1.54) is 0 Å². The number of hydrogen-bond donors (Lipinski definition) is 2. The highest BCUT2D eigenvalue weighted by Crippen LogP contribution is 2.24. The van der Waals surface area contributed by atoms with E-state index >= 15 is 0 Å². The summed E-state index contributed by atoms with van der Waals surface area (Å²) in [6, 6.07) is 0. The summed E-state index contributed by atoms with van der Waals surface area (Å²) in [7, 11) is 0. The zero-order chi connectivity index (χ0) is 22.2. The van der Waals surface area contributed by atoms with Crippen LogP contribution < -0.4 is 0 Å². The summed E-state index contributed by atoms with van der Waals surface area (Å²) in [5, 5.41) is 18.7. The van der Waals surface area contributed by atoms with Gasteiger partial charge in [0.05, 0.1) is 17.5 Å². The van der Waals surface area contributed by atoms with Gasteiger partial charge in [-0.25, -0.2) is 0 Å². The summed E-state index contributed by atoms with van der Waals surface area (Å²) in [5.74, 6) is -0.471. The lowest BCUT2D eigenvalue weighted by Gasteiger charge is -2.27. The van der Waals surface area contributed by atoms with Crippen molar-refractivity contribution < 1.29 is 34.1 Å². The van der Waals surface area contributed by atoms with E-state index in [4.69, 9.17) is 19.7 Å². The van der Waals surface area contributed by atoms with Gasteiger partial charge in [-0.15, -0.1) is 0 Å². The molecule has 2 N–H and O–H groups in total. The minimum absolute atomic E-state index is 0.0162. The Bertz CT molecular complexity index is 441. The first-order valence-corrected chi connectivity index (χ1v) is 13.5. The monoisotopic (exact) mass is 672 g/mol. The zero-order valence-electron chi connectivity index (χ0n) is 16.0. The Kier molecular flexibility index (Phi) is 18.3. The Balaban J connectivity index is 0.000000498. The number of alkyl halides is 3. The number of rotatable bonds is 5. The van der Waals surface area contributed by atoms with Gasteiger partial charge in [-0.3, -0.25) is 14.4 Å². The van der Waals surface area contributed by atoms with Gasteiger partial charge in [0.1, 0.15) is 22.9 Å². The third-order valence-electron chi connectivity index (χ3n) is 4.21. The molecule has 0 saturated heterocycles. The fourth-order valence-electron chi connectivity index (χ4n) is 2.76. The number of aliphatic hydroxyl groups excluding tert-OH is 2. The van der Waals surface area contributed by atoms with E-state index in [0.29, 0.717) is 5.33 Å². The van der Waals surface area contributed by atoms with Gasteiger partial charge in [-0.05, 0) is 67.3 Å². The predicted molar refractivity (Wildman–Crippen MR) is 124 cm³/mol. The lowest BCUT2D eigenvalue weighted by Crippen LogP contribution is -2.30. The van der Waals surface area contributed by atoms with Gasteiger partial charge in [-0.2, -0.15) is 0 Å². The highest BCUT2D eigenvalue weighted by molar-refractivity contribution is 9.19. The third kappa shape index (κ3) is 16.8.